The molecular formula is C18H29NO5. The van der Waals surface area contributed by atoms with Crippen molar-refractivity contribution in [2.45, 2.75) is 38.8 Å². The van der Waals surface area contributed by atoms with Crippen LogP contribution >= 0.6 is 0 Å². The van der Waals surface area contributed by atoms with Crippen LogP contribution in [0.4, 0.5) is 0 Å². The van der Waals surface area contributed by atoms with Crippen LogP contribution in [0.15, 0.2) is 24.3 Å². The SMILES string of the molecule is COCCOCCOc1ccc(C[C@H](N)C(=O)OC(C)(C)C)cc1. The van der Waals surface area contributed by atoms with E-state index in [1.165, 1.54) is 0 Å². The Morgan fingerprint density at radius 2 is 1.71 bits per heavy atom. The normalized spacial score (nSPS) is 12.7. The van der Waals surface area contributed by atoms with Gasteiger partial charge in [0, 0.05) is 7.11 Å². The van der Waals surface area contributed by atoms with E-state index in [0.717, 1.165) is 11.3 Å². The van der Waals surface area contributed by atoms with Crippen LogP contribution in [0.1, 0.15) is 26.3 Å². The number of rotatable bonds is 10. The molecule has 0 radical (unpaired) electrons. The summed E-state index contributed by atoms with van der Waals surface area (Å²) in [4.78, 5) is 11.9. The second-order valence-corrected chi connectivity index (χ2v) is 6.44. The van der Waals surface area contributed by atoms with E-state index in [9.17, 15) is 4.79 Å². The first-order valence-electron chi connectivity index (χ1n) is 8.08. The molecule has 6 heteroatoms. The van der Waals surface area contributed by atoms with Gasteiger partial charge in [0.1, 0.15) is 24.0 Å². The number of ether oxygens (including phenoxy) is 4. The molecular weight excluding hydrogens is 310 g/mol. The van der Waals surface area contributed by atoms with Gasteiger partial charge >= 0.3 is 5.97 Å². The Morgan fingerprint density at radius 1 is 1.08 bits per heavy atom. The summed E-state index contributed by atoms with van der Waals surface area (Å²) in [6, 6.07) is 6.82. The molecule has 1 atom stereocenters. The number of carbonyl (C=O) groups excluding carboxylic acids is 1. The van der Waals surface area contributed by atoms with Crippen LogP contribution in [0.2, 0.25) is 0 Å². The van der Waals surface area contributed by atoms with E-state index in [0.29, 0.717) is 32.8 Å². The minimum Gasteiger partial charge on any atom is -0.491 e. The molecule has 0 aliphatic heterocycles. The molecule has 0 saturated carbocycles. The first kappa shape index (κ1) is 20.4. The number of carbonyl (C=O) groups is 1. The quantitative estimate of drug-likeness (QED) is 0.518. The number of nitrogens with two attached hydrogens (primary N) is 1. The van der Waals surface area contributed by atoms with E-state index in [4.69, 9.17) is 24.7 Å². The van der Waals surface area contributed by atoms with E-state index >= 15 is 0 Å². The second-order valence-electron chi connectivity index (χ2n) is 6.44. The van der Waals surface area contributed by atoms with Gasteiger partial charge in [-0.1, -0.05) is 12.1 Å². The van der Waals surface area contributed by atoms with Crippen molar-refractivity contribution in [2.75, 3.05) is 33.5 Å². The van der Waals surface area contributed by atoms with Crippen molar-refractivity contribution < 1.29 is 23.7 Å². The van der Waals surface area contributed by atoms with E-state index in [1.807, 2.05) is 45.0 Å². The molecule has 1 aromatic rings. The predicted octanol–water partition coefficient (Wildman–Crippen LogP) is 1.94. The van der Waals surface area contributed by atoms with Gasteiger partial charge in [-0.25, -0.2) is 0 Å². The molecule has 0 amide bonds. The highest BCUT2D eigenvalue weighted by molar-refractivity contribution is 5.76. The highest BCUT2D eigenvalue weighted by Gasteiger charge is 2.22. The molecule has 0 aliphatic carbocycles. The molecule has 0 spiro atoms. The maximum Gasteiger partial charge on any atom is 0.323 e. The summed E-state index contributed by atoms with van der Waals surface area (Å²) in [6.45, 7) is 7.58. The fraction of sp³-hybridized carbons (Fsp3) is 0.611. The molecule has 0 aliphatic rings. The lowest BCUT2D eigenvalue weighted by molar-refractivity contribution is -0.156. The summed E-state index contributed by atoms with van der Waals surface area (Å²) in [5, 5.41) is 0. The van der Waals surface area contributed by atoms with Gasteiger partial charge < -0.3 is 24.7 Å². The molecule has 1 aromatic carbocycles. The lowest BCUT2D eigenvalue weighted by Gasteiger charge is -2.22. The number of benzene rings is 1. The van der Waals surface area contributed by atoms with E-state index in [1.54, 1.807) is 7.11 Å². The maximum atomic E-state index is 11.9. The fourth-order valence-electron chi connectivity index (χ4n) is 1.90. The van der Waals surface area contributed by atoms with Gasteiger partial charge in [-0.2, -0.15) is 0 Å². The molecule has 136 valence electrons. The second kappa shape index (κ2) is 10.3. The van der Waals surface area contributed by atoms with Crippen LogP contribution < -0.4 is 10.5 Å². The third-order valence-corrected chi connectivity index (χ3v) is 3.02. The smallest absolute Gasteiger partial charge is 0.323 e. The molecule has 6 nitrogen and oxygen atoms in total. The van der Waals surface area contributed by atoms with Crippen molar-refractivity contribution in [3.8, 4) is 5.75 Å². The average Bonchev–Trinajstić information content (AvgIpc) is 2.50. The largest absolute Gasteiger partial charge is 0.491 e. The van der Waals surface area contributed by atoms with Gasteiger partial charge in [-0.15, -0.1) is 0 Å². The highest BCUT2D eigenvalue weighted by atomic mass is 16.6. The Bertz CT molecular complexity index is 481. The Hall–Kier alpha value is -1.63. The van der Waals surface area contributed by atoms with Crippen LogP contribution in [-0.4, -0.2) is 51.1 Å². The van der Waals surface area contributed by atoms with Crippen LogP contribution in [0.3, 0.4) is 0 Å². The molecule has 0 saturated heterocycles. The van der Waals surface area contributed by atoms with Crippen LogP contribution in [-0.2, 0) is 25.4 Å². The van der Waals surface area contributed by atoms with Crippen LogP contribution in [0.5, 0.6) is 5.75 Å². The first-order valence-corrected chi connectivity index (χ1v) is 8.08. The zero-order valence-corrected chi connectivity index (χ0v) is 15.0. The summed E-state index contributed by atoms with van der Waals surface area (Å²) in [6.07, 6.45) is 0.426. The van der Waals surface area contributed by atoms with Crippen molar-refractivity contribution in [2.24, 2.45) is 5.73 Å². The average molecular weight is 339 g/mol. The highest BCUT2D eigenvalue weighted by Crippen LogP contribution is 2.14. The fourth-order valence-corrected chi connectivity index (χ4v) is 1.90. The number of hydrogen-bond donors (Lipinski definition) is 1. The summed E-state index contributed by atoms with van der Waals surface area (Å²) >= 11 is 0. The molecule has 0 bridgehead atoms. The zero-order chi connectivity index (χ0) is 18.0. The minimum atomic E-state index is -0.676. The molecule has 24 heavy (non-hydrogen) atoms. The van der Waals surface area contributed by atoms with Gasteiger partial charge in [-0.3, -0.25) is 4.79 Å². The molecule has 0 heterocycles. The van der Waals surface area contributed by atoms with Gasteiger partial charge in [0.2, 0.25) is 0 Å². The number of esters is 1. The predicted molar refractivity (Wildman–Crippen MR) is 92.2 cm³/mol. The lowest BCUT2D eigenvalue weighted by atomic mass is 10.1. The zero-order valence-electron chi connectivity index (χ0n) is 15.0. The Balaban J connectivity index is 2.35. The summed E-state index contributed by atoms with van der Waals surface area (Å²) in [5.41, 5.74) is 6.33. The van der Waals surface area contributed by atoms with E-state index in [-0.39, 0.29) is 0 Å². The molecule has 1 rings (SSSR count). The van der Waals surface area contributed by atoms with Gasteiger partial charge in [0.05, 0.1) is 19.8 Å². The molecule has 0 fully saturated rings. The third kappa shape index (κ3) is 8.86. The number of methoxy groups -OCH3 is 1. The van der Waals surface area contributed by atoms with E-state index < -0.39 is 17.6 Å². The van der Waals surface area contributed by atoms with Gasteiger partial charge in [-0.05, 0) is 44.9 Å². The summed E-state index contributed by atoms with van der Waals surface area (Å²) in [5.74, 6) is 0.357. The topological polar surface area (TPSA) is 80.0 Å². The first-order chi connectivity index (χ1) is 11.3. The van der Waals surface area contributed by atoms with Crippen LogP contribution in [0, 0.1) is 0 Å². The minimum absolute atomic E-state index is 0.393. The summed E-state index contributed by atoms with van der Waals surface area (Å²) < 4.78 is 21.1. The lowest BCUT2D eigenvalue weighted by Crippen LogP contribution is -2.38. The standard InChI is InChI=1S/C18H29NO5/c1-18(2,3)24-17(20)16(19)13-14-5-7-15(8-6-14)23-12-11-22-10-9-21-4/h5-8,16H,9-13,19H2,1-4H3/t16-/m0/s1. The van der Waals surface area contributed by atoms with Crippen molar-refractivity contribution in [3.63, 3.8) is 0 Å². The summed E-state index contributed by atoms with van der Waals surface area (Å²) in [7, 11) is 1.64. The monoisotopic (exact) mass is 339 g/mol. The van der Waals surface area contributed by atoms with Crippen molar-refractivity contribution >= 4 is 5.97 Å². The van der Waals surface area contributed by atoms with Crippen molar-refractivity contribution in [1.29, 1.82) is 0 Å². The molecule has 2 N–H and O–H groups in total. The molecule has 0 aromatic heterocycles. The Labute approximate surface area is 144 Å². The maximum absolute atomic E-state index is 11.9. The van der Waals surface area contributed by atoms with Crippen molar-refractivity contribution in [1.82, 2.24) is 0 Å². The molecule has 0 unspecified atom stereocenters. The third-order valence-electron chi connectivity index (χ3n) is 3.02. The van der Waals surface area contributed by atoms with Gasteiger partial charge in [0.15, 0.2) is 0 Å². The Kier molecular flexibility index (Phi) is 8.74. The Morgan fingerprint density at radius 3 is 2.29 bits per heavy atom. The van der Waals surface area contributed by atoms with Gasteiger partial charge in [0.25, 0.3) is 0 Å². The van der Waals surface area contributed by atoms with Crippen LogP contribution in [0.25, 0.3) is 0 Å². The van der Waals surface area contributed by atoms with E-state index in [2.05, 4.69) is 0 Å². The van der Waals surface area contributed by atoms with Crippen molar-refractivity contribution in [3.05, 3.63) is 29.8 Å². The number of hydrogen-bond acceptors (Lipinski definition) is 6.